The number of likely N-dealkylation sites (N-methyl/N-ethyl adjacent to an activating group) is 1. The zero-order valence-corrected chi connectivity index (χ0v) is 12.2. The highest BCUT2D eigenvalue weighted by Gasteiger charge is 2.31. The molecule has 1 saturated carbocycles. The Hall–Kier alpha value is -0.610. The van der Waals surface area contributed by atoms with E-state index in [0.29, 0.717) is 12.6 Å². The van der Waals surface area contributed by atoms with E-state index in [9.17, 15) is 4.79 Å². The largest absolute Gasteiger partial charge is 0.395 e. The first-order chi connectivity index (χ1) is 9.22. The second kappa shape index (κ2) is 7.25. The molecule has 2 rings (SSSR count). The summed E-state index contributed by atoms with van der Waals surface area (Å²) in [5.41, 5.74) is 0. The van der Waals surface area contributed by atoms with E-state index in [1.165, 1.54) is 32.1 Å². The molecular weight excluding hydrogens is 240 g/mol. The molecule has 4 nitrogen and oxygen atoms in total. The molecule has 1 saturated heterocycles. The second-order valence-corrected chi connectivity index (χ2v) is 6.11. The van der Waals surface area contributed by atoms with Gasteiger partial charge in [-0.2, -0.15) is 0 Å². The molecular formula is C15H28N2O2. The lowest BCUT2D eigenvalue weighted by molar-refractivity contribution is -0.136. The molecule has 0 unspecified atom stereocenters. The molecule has 1 heterocycles. The number of aliphatic hydroxyl groups is 1. The quantitative estimate of drug-likeness (QED) is 0.840. The van der Waals surface area contributed by atoms with Crippen molar-refractivity contribution in [2.24, 2.45) is 5.92 Å². The Morgan fingerprint density at radius 1 is 1.21 bits per heavy atom. The van der Waals surface area contributed by atoms with Crippen molar-refractivity contribution in [3.63, 3.8) is 0 Å². The Labute approximate surface area is 116 Å². The predicted molar refractivity (Wildman–Crippen MR) is 75.9 cm³/mol. The van der Waals surface area contributed by atoms with Gasteiger partial charge in [0.05, 0.1) is 12.5 Å². The SMILES string of the molecule is CN(CCO)C(=O)[C@H]1CCCN(C2CCCCC2)C1. The van der Waals surface area contributed by atoms with Gasteiger partial charge in [-0.1, -0.05) is 19.3 Å². The molecule has 0 aromatic rings. The van der Waals surface area contributed by atoms with Crippen molar-refractivity contribution >= 4 is 5.91 Å². The molecule has 1 atom stereocenters. The third-order valence-corrected chi connectivity index (χ3v) is 4.70. The van der Waals surface area contributed by atoms with Gasteiger partial charge in [-0.25, -0.2) is 0 Å². The lowest BCUT2D eigenvalue weighted by Gasteiger charge is -2.40. The number of nitrogens with zero attached hydrogens (tertiary/aromatic N) is 2. The summed E-state index contributed by atoms with van der Waals surface area (Å²) < 4.78 is 0. The maximum Gasteiger partial charge on any atom is 0.226 e. The molecule has 2 fully saturated rings. The predicted octanol–water partition coefficient (Wildman–Crippen LogP) is 1.48. The minimum atomic E-state index is 0.0568. The molecule has 0 aromatic heterocycles. The molecule has 1 aliphatic carbocycles. The number of aliphatic hydroxyl groups excluding tert-OH is 1. The molecule has 1 N–H and O–H groups in total. The van der Waals surface area contributed by atoms with E-state index in [1.807, 2.05) is 0 Å². The van der Waals surface area contributed by atoms with Gasteiger partial charge < -0.3 is 10.0 Å². The highest BCUT2D eigenvalue weighted by Crippen LogP contribution is 2.27. The first kappa shape index (κ1) is 14.8. The molecule has 0 spiro atoms. The van der Waals surface area contributed by atoms with E-state index in [0.717, 1.165) is 25.9 Å². The molecule has 2 aliphatic rings. The summed E-state index contributed by atoms with van der Waals surface area (Å²) in [6, 6.07) is 0.715. The van der Waals surface area contributed by atoms with Crippen LogP contribution in [0.2, 0.25) is 0 Å². The van der Waals surface area contributed by atoms with Crippen molar-refractivity contribution in [1.29, 1.82) is 0 Å². The van der Waals surface area contributed by atoms with Crippen molar-refractivity contribution < 1.29 is 9.90 Å². The molecule has 0 aromatic carbocycles. The van der Waals surface area contributed by atoms with Crippen LogP contribution in [0.1, 0.15) is 44.9 Å². The van der Waals surface area contributed by atoms with Gasteiger partial charge in [-0.3, -0.25) is 9.69 Å². The Kier molecular flexibility index (Phi) is 5.64. The van der Waals surface area contributed by atoms with Gasteiger partial charge in [-0.15, -0.1) is 0 Å². The maximum atomic E-state index is 12.3. The van der Waals surface area contributed by atoms with Crippen LogP contribution in [0.15, 0.2) is 0 Å². The van der Waals surface area contributed by atoms with Crippen molar-refractivity contribution in [2.45, 2.75) is 51.0 Å². The molecule has 1 aliphatic heterocycles. The first-order valence-corrected chi connectivity index (χ1v) is 7.82. The van der Waals surface area contributed by atoms with Crippen LogP contribution in [-0.4, -0.2) is 60.1 Å². The number of hydrogen-bond acceptors (Lipinski definition) is 3. The third-order valence-electron chi connectivity index (χ3n) is 4.70. The fraction of sp³-hybridized carbons (Fsp3) is 0.933. The van der Waals surface area contributed by atoms with Crippen molar-refractivity contribution in [2.75, 3.05) is 33.3 Å². The highest BCUT2D eigenvalue weighted by molar-refractivity contribution is 5.78. The van der Waals surface area contributed by atoms with Crippen LogP contribution in [0.5, 0.6) is 0 Å². The number of hydrogen-bond donors (Lipinski definition) is 1. The zero-order chi connectivity index (χ0) is 13.7. The Morgan fingerprint density at radius 2 is 1.95 bits per heavy atom. The number of rotatable bonds is 4. The van der Waals surface area contributed by atoms with Crippen LogP contribution in [0.25, 0.3) is 0 Å². The highest BCUT2D eigenvalue weighted by atomic mass is 16.3. The Balaban J connectivity index is 1.87. The van der Waals surface area contributed by atoms with Crippen LogP contribution in [0.3, 0.4) is 0 Å². The molecule has 1 amide bonds. The molecule has 0 radical (unpaired) electrons. The van der Waals surface area contributed by atoms with E-state index in [-0.39, 0.29) is 18.4 Å². The minimum absolute atomic E-state index is 0.0568. The number of likely N-dealkylation sites (tertiary alicyclic amines) is 1. The first-order valence-electron chi connectivity index (χ1n) is 7.82. The standard InChI is InChI=1S/C15H28N2O2/c1-16(10-11-18)15(19)13-6-5-9-17(12-13)14-7-3-2-4-8-14/h13-14,18H,2-12H2,1H3/t13-/m0/s1. The number of carbonyl (C=O) groups excluding carboxylic acids is 1. The molecule has 19 heavy (non-hydrogen) atoms. The van der Waals surface area contributed by atoms with Gasteiger partial charge in [0.1, 0.15) is 0 Å². The van der Waals surface area contributed by atoms with Crippen molar-refractivity contribution in [3.8, 4) is 0 Å². The lowest BCUT2D eigenvalue weighted by atomic mass is 9.90. The topological polar surface area (TPSA) is 43.8 Å². The van der Waals surface area contributed by atoms with Gasteiger partial charge in [0.25, 0.3) is 0 Å². The lowest BCUT2D eigenvalue weighted by Crippen LogP contribution is -2.48. The summed E-state index contributed by atoms with van der Waals surface area (Å²) in [4.78, 5) is 16.5. The smallest absolute Gasteiger partial charge is 0.226 e. The van der Waals surface area contributed by atoms with E-state index in [2.05, 4.69) is 4.90 Å². The summed E-state index contributed by atoms with van der Waals surface area (Å²) >= 11 is 0. The molecule has 110 valence electrons. The van der Waals surface area contributed by atoms with Gasteiger partial charge in [0, 0.05) is 26.2 Å². The average molecular weight is 268 g/mol. The Morgan fingerprint density at radius 3 is 2.63 bits per heavy atom. The van der Waals surface area contributed by atoms with Gasteiger partial charge in [0.2, 0.25) is 5.91 Å². The molecule has 4 heteroatoms. The number of amides is 1. The summed E-state index contributed by atoms with van der Waals surface area (Å²) in [6.45, 7) is 2.61. The van der Waals surface area contributed by atoms with E-state index in [4.69, 9.17) is 5.11 Å². The van der Waals surface area contributed by atoms with E-state index >= 15 is 0 Å². The van der Waals surface area contributed by atoms with Gasteiger partial charge in [0.15, 0.2) is 0 Å². The maximum absolute atomic E-state index is 12.3. The van der Waals surface area contributed by atoms with E-state index in [1.54, 1.807) is 11.9 Å². The fourth-order valence-corrected chi connectivity index (χ4v) is 3.56. The zero-order valence-electron chi connectivity index (χ0n) is 12.2. The number of piperidine rings is 1. The monoisotopic (exact) mass is 268 g/mol. The van der Waals surface area contributed by atoms with Gasteiger partial charge in [-0.05, 0) is 32.2 Å². The number of carbonyl (C=O) groups is 1. The van der Waals surface area contributed by atoms with Crippen LogP contribution in [0, 0.1) is 5.92 Å². The Bertz CT molecular complexity index is 290. The third kappa shape index (κ3) is 3.93. The van der Waals surface area contributed by atoms with Crippen LogP contribution < -0.4 is 0 Å². The summed E-state index contributed by atoms with van der Waals surface area (Å²) in [7, 11) is 1.80. The van der Waals surface area contributed by atoms with Crippen LogP contribution in [-0.2, 0) is 4.79 Å². The van der Waals surface area contributed by atoms with Gasteiger partial charge >= 0.3 is 0 Å². The second-order valence-electron chi connectivity index (χ2n) is 6.11. The normalized spacial score (nSPS) is 26.3. The molecule has 0 bridgehead atoms. The average Bonchev–Trinajstić information content (AvgIpc) is 2.48. The summed E-state index contributed by atoms with van der Waals surface area (Å²) in [5, 5.41) is 8.94. The summed E-state index contributed by atoms with van der Waals surface area (Å²) in [5.74, 6) is 0.363. The van der Waals surface area contributed by atoms with Crippen LogP contribution >= 0.6 is 0 Å². The van der Waals surface area contributed by atoms with Crippen molar-refractivity contribution in [1.82, 2.24) is 9.80 Å². The van der Waals surface area contributed by atoms with E-state index < -0.39 is 0 Å². The fourth-order valence-electron chi connectivity index (χ4n) is 3.56. The minimum Gasteiger partial charge on any atom is -0.395 e. The van der Waals surface area contributed by atoms with Crippen LogP contribution in [0.4, 0.5) is 0 Å². The van der Waals surface area contributed by atoms with Crippen molar-refractivity contribution in [3.05, 3.63) is 0 Å². The summed E-state index contributed by atoms with van der Waals surface area (Å²) in [6.07, 6.45) is 8.86.